The van der Waals surface area contributed by atoms with Crippen molar-refractivity contribution in [3.05, 3.63) is 29.3 Å². The number of nitrogens with one attached hydrogen (secondary N) is 1. The molecule has 4 nitrogen and oxygen atoms in total. The zero-order chi connectivity index (χ0) is 15.4. The molecule has 0 spiro atoms. The molecule has 0 saturated carbocycles. The molecule has 1 aliphatic heterocycles. The number of nitrogens with zero attached hydrogens (tertiary/aromatic N) is 2. The summed E-state index contributed by atoms with van der Waals surface area (Å²) in [5.74, 6) is 0.304. The standard InChI is InChI=1S/C17H25N3O/c1-12(2)19-10-14-4-5-17(16(8-14)9-18)20-7-6-15(11-20)13(3)21/h4-5,8,12-13,15,19,21H,6-7,10-11H2,1-3H3. The fourth-order valence-electron chi connectivity index (χ4n) is 2.78. The van der Waals surface area contributed by atoms with Crippen LogP contribution in [0.3, 0.4) is 0 Å². The number of aliphatic hydroxyl groups is 1. The van der Waals surface area contributed by atoms with Crippen molar-refractivity contribution >= 4 is 5.69 Å². The molecule has 0 bridgehead atoms. The Morgan fingerprint density at radius 3 is 2.76 bits per heavy atom. The summed E-state index contributed by atoms with van der Waals surface area (Å²) in [6.07, 6.45) is 0.703. The highest BCUT2D eigenvalue weighted by atomic mass is 16.3. The molecule has 1 aromatic rings. The van der Waals surface area contributed by atoms with Crippen molar-refractivity contribution in [2.24, 2.45) is 5.92 Å². The maximum atomic E-state index is 9.71. The van der Waals surface area contributed by atoms with E-state index in [-0.39, 0.29) is 6.10 Å². The van der Waals surface area contributed by atoms with Gasteiger partial charge in [0.2, 0.25) is 0 Å². The normalized spacial score (nSPS) is 19.8. The minimum Gasteiger partial charge on any atom is -0.393 e. The van der Waals surface area contributed by atoms with Crippen LogP contribution in [-0.4, -0.2) is 30.3 Å². The predicted octanol–water partition coefficient (Wildman–Crippen LogP) is 2.26. The first-order valence-electron chi connectivity index (χ1n) is 7.70. The summed E-state index contributed by atoms with van der Waals surface area (Å²) >= 11 is 0. The van der Waals surface area contributed by atoms with Gasteiger partial charge in [0.15, 0.2) is 0 Å². The molecule has 2 atom stereocenters. The van der Waals surface area contributed by atoms with E-state index in [1.54, 1.807) is 0 Å². The van der Waals surface area contributed by atoms with Gasteiger partial charge in [-0.15, -0.1) is 0 Å². The van der Waals surface area contributed by atoms with E-state index < -0.39 is 0 Å². The lowest BCUT2D eigenvalue weighted by Crippen LogP contribution is -2.25. The number of benzene rings is 1. The van der Waals surface area contributed by atoms with Gasteiger partial charge in [-0.1, -0.05) is 19.9 Å². The second-order valence-corrected chi connectivity index (χ2v) is 6.23. The molecular weight excluding hydrogens is 262 g/mol. The summed E-state index contributed by atoms with van der Waals surface area (Å²) in [6.45, 7) is 8.59. The Kier molecular flexibility index (Phi) is 5.22. The first-order valence-corrected chi connectivity index (χ1v) is 7.70. The monoisotopic (exact) mass is 287 g/mol. The van der Waals surface area contributed by atoms with Crippen LogP contribution in [-0.2, 0) is 6.54 Å². The van der Waals surface area contributed by atoms with Crippen LogP contribution < -0.4 is 10.2 Å². The Morgan fingerprint density at radius 1 is 1.43 bits per heavy atom. The van der Waals surface area contributed by atoms with E-state index in [1.807, 2.05) is 19.1 Å². The molecule has 21 heavy (non-hydrogen) atoms. The molecule has 4 heteroatoms. The van der Waals surface area contributed by atoms with Crippen LogP contribution in [0.25, 0.3) is 0 Å². The molecule has 0 radical (unpaired) electrons. The molecule has 2 rings (SSSR count). The molecule has 114 valence electrons. The third-order valence-corrected chi connectivity index (χ3v) is 4.14. The lowest BCUT2D eigenvalue weighted by atomic mass is 10.0. The number of hydrogen-bond donors (Lipinski definition) is 2. The first kappa shape index (κ1) is 15.8. The van der Waals surface area contributed by atoms with Crippen molar-refractivity contribution in [3.8, 4) is 6.07 Å². The van der Waals surface area contributed by atoms with Crippen LogP contribution in [0, 0.1) is 17.2 Å². The zero-order valence-electron chi connectivity index (χ0n) is 13.1. The van der Waals surface area contributed by atoms with Gasteiger partial charge < -0.3 is 15.3 Å². The Morgan fingerprint density at radius 2 is 2.19 bits per heavy atom. The van der Waals surface area contributed by atoms with Gasteiger partial charge in [0.05, 0.1) is 17.4 Å². The van der Waals surface area contributed by atoms with Crippen molar-refractivity contribution in [2.45, 2.75) is 45.9 Å². The highest BCUT2D eigenvalue weighted by molar-refractivity contribution is 5.61. The molecule has 2 N–H and O–H groups in total. The minimum absolute atomic E-state index is 0.282. The molecule has 0 aliphatic carbocycles. The largest absolute Gasteiger partial charge is 0.393 e. The average Bonchev–Trinajstić information content (AvgIpc) is 2.94. The quantitative estimate of drug-likeness (QED) is 0.872. The highest BCUT2D eigenvalue weighted by Gasteiger charge is 2.27. The van der Waals surface area contributed by atoms with E-state index in [0.717, 1.165) is 42.9 Å². The van der Waals surface area contributed by atoms with Crippen molar-refractivity contribution < 1.29 is 5.11 Å². The van der Waals surface area contributed by atoms with Crippen LogP contribution in [0.5, 0.6) is 0 Å². The maximum absolute atomic E-state index is 9.71. The van der Waals surface area contributed by atoms with Crippen LogP contribution in [0.15, 0.2) is 18.2 Å². The van der Waals surface area contributed by atoms with Gasteiger partial charge in [-0.2, -0.15) is 5.26 Å². The summed E-state index contributed by atoms with van der Waals surface area (Å²) in [4.78, 5) is 2.22. The second kappa shape index (κ2) is 6.93. The highest BCUT2D eigenvalue weighted by Crippen LogP contribution is 2.29. The van der Waals surface area contributed by atoms with Gasteiger partial charge in [-0.25, -0.2) is 0 Å². The lowest BCUT2D eigenvalue weighted by Gasteiger charge is -2.21. The van der Waals surface area contributed by atoms with Crippen molar-refractivity contribution in [2.75, 3.05) is 18.0 Å². The van der Waals surface area contributed by atoms with E-state index in [2.05, 4.69) is 36.2 Å². The van der Waals surface area contributed by atoms with E-state index in [9.17, 15) is 10.4 Å². The number of anilines is 1. The summed E-state index contributed by atoms with van der Waals surface area (Å²) in [5, 5.41) is 22.5. The molecular formula is C17H25N3O. The van der Waals surface area contributed by atoms with Gasteiger partial charge in [-0.3, -0.25) is 0 Å². The van der Waals surface area contributed by atoms with Gasteiger partial charge in [-0.05, 0) is 31.0 Å². The number of rotatable bonds is 5. The molecule has 1 aromatic carbocycles. The van der Waals surface area contributed by atoms with Crippen molar-refractivity contribution in [1.82, 2.24) is 5.32 Å². The van der Waals surface area contributed by atoms with E-state index in [1.165, 1.54) is 0 Å². The molecule has 1 saturated heterocycles. The van der Waals surface area contributed by atoms with E-state index in [4.69, 9.17) is 0 Å². The Bertz CT molecular complexity index is 519. The third kappa shape index (κ3) is 3.96. The summed E-state index contributed by atoms with van der Waals surface area (Å²) in [7, 11) is 0. The van der Waals surface area contributed by atoms with Crippen molar-refractivity contribution in [1.29, 1.82) is 5.26 Å². The summed E-state index contributed by atoms with van der Waals surface area (Å²) < 4.78 is 0. The van der Waals surface area contributed by atoms with E-state index >= 15 is 0 Å². The van der Waals surface area contributed by atoms with E-state index in [0.29, 0.717) is 12.0 Å². The van der Waals surface area contributed by atoms with Crippen LogP contribution >= 0.6 is 0 Å². The Labute approximate surface area is 127 Å². The van der Waals surface area contributed by atoms with Gasteiger partial charge in [0.25, 0.3) is 0 Å². The number of hydrogen-bond acceptors (Lipinski definition) is 4. The summed E-state index contributed by atoms with van der Waals surface area (Å²) in [6, 6.07) is 8.84. The summed E-state index contributed by atoms with van der Waals surface area (Å²) in [5.41, 5.74) is 2.86. The van der Waals surface area contributed by atoms with Gasteiger partial charge in [0.1, 0.15) is 6.07 Å². The van der Waals surface area contributed by atoms with Crippen LogP contribution in [0.4, 0.5) is 5.69 Å². The minimum atomic E-state index is -0.282. The first-order chi connectivity index (χ1) is 10.0. The number of aliphatic hydroxyl groups excluding tert-OH is 1. The average molecular weight is 287 g/mol. The predicted molar refractivity (Wildman–Crippen MR) is 85.1 cm³/mol. The molecule has 0 aromatic heterocycles. The molecule has 1 heterocycles. The number of nitriles is 1. The topological polar surface area (TPSA) is 59.3 Å². The smallest absolute Gasteiger partial charge is 0.101 e. The zero-order valence-corrected chi connectivity index (χ0v) is 13.1. The van der Waals surface area contributed by atoms with Crippen molar-refractivity contribution in [3.63, 3.8) is 0 Å². The molecule has 1 fully saturated rings. The maximum Gasteiger partial charge on any atom is 0.101 e. The van der Waals surface area contributed by atoms with Gasteiger partial charge >= 0.3 is 0 Å². The Balaban J connectivity index is 2.12. The Hall–Kier alpha value is -1.57. The second-order valence-electron chi connectivity index (χ2n) is 6.23. The third-order valence-electron chi connectivity index (χ3n) is 4.14. The fourth-order valence-corrected chi connectivity index (χ4v) is 2.78. The molecule has 2 unspecified atom stereocenters. The molecule has 0 amide bonds. The van der Waals surface area contributed by atoms with Gasteiger partial charge in [0, 0.05) is 31.6 Å². The van der Waals surface area contributed by atoms with Crippen LogP contribution in [0.1, 0.15) is 38.3 Å². The molecule has 1 aliphatic rings. The SMILES string of the molecule is CC(C)NCc1ccc(N2CCC(C(C)O)C2)c(C#N)c1. The van der Waals surface area contributed by atoms with Crippen LogP contribution in [0.2, 0.25) is 0 Å². The fraction of sp³-hybridized carbons (Fsp3) is 0.588. The lowest BCUT2D eigenvalue weighted by molar-refractivity contribution is 0.136.